The first-order valence-corrected chi connectivity index (χ1v) is 9.18. The molecule has 1 unspecified atom stereocenters. The average Bonchev–Trinajstić information content (AvgIpc) is 3.22. The number of imide groups is 1. The minimum Gasteiger partial charge on any atom is -0.497 e. The Morgan fingerprint density at radius 3 is 2.66 bits per heavy atom. The highest BCUT2D eigenvalue weighted by Crippen LogP contribution is 2.29. The summed E-state index contributed by atoms with van der Waals surface area (Å²) in [5.74, 6) is 0.794. The summed E-state index contributed by atoms with van der Waals surface area (Å²) in [6.45, 7) is 3.35. The molecule has 2 aromatic rings. The SMILES string of the molecule is COc1ccc(C2(C)NC(=O)N(CC(=O)NCCCc3nc(C)no3)C2=O)cc1. The van der Waals surface area contributed by atoms with Gasteiger partial charge in [-0.15, -0.1) is 0 Å². The van der Waals surface area contributed by atoms with Crippen LogP contribution in [0.1, 0.15) is 30.6 Å². The second kappa shape index (κ2) is 8.29. The maximum Gasteiger partial charge on any atom is 0.325 e. The quantitative estimate of drug-likeness (QED) is 0.497. The van der Waals surface area contributed by atoms with E-state index in [9.17, 15) is 14.4 Å². The first-order valence-electron chi connectivity index (χ1n) is 9.18. The fourth-order valence-corrected chi connectivity index (χ4v) is 3.07. The second-order valence-corrected chi connectivity index (χ2v) is 6.86. The van der Waals surface area contributed by atoms with Crippen LogP contribution in [0.3, 0.4) is 0 Å². The number of methoxy groups -OCH3 is 1. The van der Waals surface area contributed by atoms with Crippen molar-refractivity contribution in [1.29, 1.82) is 0 Å². The van der Waals surface area contributed by atoms with Gasteiger partial charge < -0.3 is 19.9 Å². The molecular formula is C19H23N5O5. The zero-order valence-electron chi connectivity index (χ0n) is 16.5. The van der Waals surface area contributed by atoms with Gasteiger partial charge in [0.1, 0.15) is 17.8 Å². The van der Waals surface area contributed by atoms with E-state index in [1.165, 1.54) is 0 Å². The van der Waals surface area contributed by atoms with Crippen LogP contribution in [0.5, 0.6) is 5.75 Å². The molecule has 0 radical (unpaired) electrons. The first-order chi connectivity index (χ1) is 13.8. The fourth-order valence-electron chi connectivity index (χ4n) is 3.07. The third-order valence-corrected chi connectivity index (χ3v) is 4.70. The van der Waals surface area contributed by atoms with Crippen LogP contribution in [0.25, 0.3) is 0 Å². The molecule has 0 saturated carbocycles. The maximum absolute atomic E-state index is 12.8. The molecule has 1 aromatic carbocycles. The number of hydrogen-bond acceptors (Lipinski definition) is 7. The lowest BCUT2D eigenvalue weighted by Gasteiger charge is -2.22. The van der Waals surface area contributed by atoms with Gasteiger partial charge in [-0.1, -0.05) is 17.3 Å². The van der Waals surface area contributed by atoms with Crippen molar-refractivity contribution in [3.8, 4) is 5.75 Å². The van der Waals surface area contributed by atoms with E-state index in [1.54, 1.807) is 45.2 Å². The number of ether oxygens (including phenoxy) is 1. The minimum atomic E-state index is -1.24. The average molecular weight is 401 g/mol. The summed E-state index contributed by atoms with van der Waals surface area (Å²) in [6, 6.07) is 6.23. The van der Waals surface area contributed by atoms with E-state index in [1.807, 2.05) is 0 Å². The van der Waals surface area contributed by atoms with Crippen LogP contribution in [-0.2, 0) is 21.5 Å². The van der Waals surface area contributed by atoms with Gasteiger partial charge in [-0.25, -0.2) is 4.79 Å². The Labute approximate surface area is 167 Å². The smallest absolute Gasteiger partial charge is 0.325 e. The molecular weight excluding hydrogens is 378 g/mol. The van der Waals surface area contributed by atoms with E-state index >= 15 is 0 Å². The van der Waals surface area contributed by atoms with E-state index in [4.69, 9.17) is 9.26 Å². The zero-order chi connectivity index (χ0) is 21.0. The molecule has 1 atom stereocenters. The molecule has 0 spiro atoms. The van der Waals surface area contributed by atoms with Gasteiger partial charge in [-0.3, -0.25) is 14.5 Å². The van der Waals surface area contributed by atoms with E-state index in [0.717, 1.165) is 4.90 Å². The summed E-state index contributed by atoms with van der Waals surface area (Å²) in [7, 11) is 1.54. The van der Waals surface area contributed by atoms with Crippen molar-refractivity contribution in [2.75, 3.05) is 20.2 Å². The lowest BCUT2D eigenvalue weighted by molar-refractivity contribution is -0.134. The largest absolute Gasteiger partial charge is 0.497 e. The van der Waals surface area contributed by atoms with Crippen LogP contribution in [0, 0.1) is 6.92 Å². The van der Waals surface area contributed by atoms with Gasteiger partial charge >= 0.3 is 6.03 Å². The lowest BCUT2D eigenvalue weighted by atomic mass is 9.92. The Morgan fingerprint density at radius 1 is 1.31 bits per heavy atom. The third-order valence-electron chi connectivity index (χ3n) is 4.70. The molecule has 29 heavy (non-hydrogen) atoms. The molecule has 3 rings (SSSR count). The van der Waals surface area contributed by atoms with Crippen LogP contribution in [-0.4, -0.2) is 53.1 Å². The van der Waals surface area contributed by atoms with Crippen molar-refractivity contribution in [3.05, 3.63) is 41.5 Å². The van der Waals surface area contributed by atoms with Crippen LogP contribution in [0.15, 0.2) is 28.8 Å². The Kier molecular flexibility index (Phi) is 5.81. The fraction of sp³-hybridized carbons (Fsp3) is 0.421. The molecule has 1 fully saturated rings. The van der Waals surface area contributed by atoms with E-state index in [0.29, 0.717) is 42.4 Å². The Balaban J connectivity index is 1.54. The highest BCUT2D eigenvalue weighted by molar-refractivity contribution is 6.09. The van der Waals surface area contributed by atoms with Gasteiger partial charge in [0.15, 0.2) is 5.82 Å². The highest BCUT2D eigenvalue weighted by Gasteiger charge is 2.49. The van der Waals surface area contributed by atoms with Crippen molar-refractivity contribution < 1.29 is 23.6 Å². The van der Waals surface area contributed by atoms with Crippen LogP contribution in [0.4, 0.5) is 4.79 Å². The molecule has 1 aromatic heterocycles. The zero-order valence-corrected chi connectivity index (χ0v) is 16.5. The lowest BCUT2D eigenvalue weighted by Crippen LogP contribution is -2.43. The van der Waals surface area contributed by atoms with Crippen molar-refractivity contribution in [2.24, 2.45) is 0 Å². The molecule has 2 N–H and O–H groups in total. The van der Waals surface area contributed by atoms with Crippen molar-refractivity contribution in [1.82, 2.24) is 25.7 Å². The standard InChI is InChI=1S/C19H23N5O5/c1-12-21-16(29-23-12)5-4-10-20-15(25)11-24-17(26)19(2,22-18(24)27)13-6-8-14(28-3)9-7-13/h6-9H,4-5,10-11H2,1-3H3,(H,20,25)(H,22,27). The normalized spacial score (nSPS) is 18.7. The predicted octanol–water partition coefficient (Wildman–Crippen LogP) is 0.903. The van der Waals surface area contributed by atoms with Crippen molar-refractivity contribution >= 4 is 17.8 Å². The third kappa shape index (κ3) is 4.36. The van der Waals surface area contributed by atoms with E-state index < -0.39 is 23.4 Å². The predicted molar refractivity (Wildman–Crippen MR) is 101 cm³/mol. The summed E-state index contributed by atoms with van der Waals surface area (Å²) in [5, 5.41) is 9.05. The maximum atomic E-state index is 12.8. The molecule has 2 heterocycles. The molecule has 10 nitrogen and oxygen atoms in total. The summed E-state index contributed by atoms with van der Waals surface area (Å²) in [5.41, 5.74) is -0.631. The van der Waals surface area contributed by atoms with Gasteiger partial charge in [0, 0.05) is 13.0 Å². The van der Waals surface area contributed by atoms with Crippen molar-refractivity contribution in [3.63, 3.8) is 0 Å². The molecule has 0 bridgehead atoms. The van der Waals surface area contributed by atoms with Gasteiger partial charge in [0.25, 0.3) is 5.91 Å². The van der Waals surface area contributed by atoms with Gasteiger partial charge in [0.2, 0.25) is 11.8 Å². The number of aromatic nitrogens is 2. The summed E-state index contributed by atoms with van der Waals surface area (Å²) >= 11 is 0. The minimum absolute atomic E-state index is 0.351. The Bertz CT molecular complexity index is 910. The molecule has 1 aliphatic rings. The molecule has 0 aliphatic carbocycles. The number of aryl methyl sites for hydroxylation is 2. The van der Waals surface area contributed by atoms with E-state index in [-0.39, 0.29) is 6.54 Å². The summed E-state index contributed by atoms with van der Waals surface area (Å²) < 4.78 is 10.1. The topological polar surface area (TPSA) is 127 Å². The molecule has 4 amide bonds. The number of hydrogen-bond donors (Lipinski definition) is 2. The second-order valence-electron chi connectivity index (χ2n) is 6.86. The Morgan fingerprint density at radius 2 is 2.03 bits per heavy atom. The first kappa shape index (κ1) is 20.3. The Hall–Kier alpha value is -3.43. The molecule has 154 valence electrons. The number of nitrogens with one attached hydrogen (secondary N) is 2. The summed E-state index contributed by atoms with van der Waals surface area (Å²) in [4.78, 5) is 42.3. The number of nitrogens with zero attached hydrogens (tertiary/aromatic N) is 3. The molecule has 1 aliphatic heterocycles. The molecule has 1 saturated heterocycles. The van der Waals surface area contributed by atoms with Crippen LogP contribution >= 0.6 is 0 Å². The van der Waals surface area contributed by atoms with E-state index in [2.05, 4.69) is 20.8 Å². The number of amides is 4. The monoisotopic (exact) mass is 401 g/mol. The number of benzene rings is 1. The van der Waals surface area contributed by atoms with Crippen molar-refractivity contribution in [2.45, 2.75) is 32.2 Å². The highest BCUT2D eigenvalue weighted by atomic mass is 16.5. The van der Waals surface area contributed by atoms with Gasteiger partial charge in [-0.05, 0) is 38.0 Å². The number of carbonyl (C=O) groups is 3. The van der Waals surface area contributed by atoms with Crippen LogP contribution in [0.2, 0.25) is 0 Å². The van der Waals surface area contributed by atoms with Gasteiger partial charge in [0.05, 0.1) is 7.11 Å². The number of urea groups is 1. The summed E-state index contributed by atoms with van der Waals surface area (Å²) in [6.07, 6.45) is 1.12. The molecule has 10 heteroatoms. The van der Waals surface area contributed by atoms with Crippen LogP contribution < -0.4 is 15.4 Å². The number of rotatable bonds is 8. The number of carbonyl (C=O) groups excluding carboxylic acids is 3. The van der Waals surface area contributed by atoms with Gasteiger partial charge in [-0.2, -0.15) is 4.98 Å².